The van der Waals surface area contributed by atoms with E-state index in [1.165, 1.54) is 35.2 Å². The van der Waals surface area contributed by atoms with Crippen molar-refractivity contribution in [3.05, 3.63) is 63.6 Å². The lowest BCUT2D eigenvalue weighted by Gasteiger charge is -2.37. The average Bonchev–Trinajstić information content (AvgIpc) is 2.33. The molecule has 1 aliphatic rings. The van der Waals surface area contributed by atoms with Crippen LogP contribution in [0.3, 0.4) is 0 Å². The predicted molar refractivity (Wildman–Crippen MR) is 89.4 cm³/mol. The van der Waals surface area contributed by atoms with Crippen molar-refractivity contribution in [3.63, 3.8) is 0 Å². The molecule has 2 aromatic carbocycles. The Balaban J connectivity index is 1.59. The second-order valence-corrected chi connectivity index (χ2v) is 6.85. The standard InChI is InChI=1S/C18H20BrN/c1-12-3-5-14(6-4-12)15-9-18(10-15)20-17-8-13(2)7-16(19)11-17/h3-8,11,15,18,20H,9-10H2,1-2H3. The second kappa shape index (κ2) is 5.61. The Kier molecular flexibility index (Phi) is 3.84. The molecule has 1 saturated carbocycles. The molecule has 1 N–H and O–H groups in total. The average molecular weight is 330 g/mol. The van der Waals surface area contributed by atoms with Gasteiger partial charge in [0.25, 0.3) is 0 Å². The first-order valence-electron chi connectivity index (χ1n) is 7.20. The van der Waals surface area contributed by atoms with Crippen LogP contribution in [0.25, 0.3) is 0 Å². The van der Waals surface area contributed by atoms with Gasteiger partial charge in [-0.3, -0.25) is 0 Å². The van der Waals surface area contributed by atoms with Crippen LogP contribution in [-0.4, -0.2) is 6.04 Å². The lowest BCUT2D eigenvalue weighted by Crippen LogP contribution is -2.34. The van der Waals surface area contributed by atoms with E-state index in [0.29, 0.717) is 6.04 Å². The summed E-state index contributed by atoms with van der Waals surface area (Å²) in [5, 5.41) is 3.64. The number of anilines is 1. The second-order valence-electron chi connectivity index (χ2n) is 5.94. The molecule has 0 bridgehead atoms. The minimum atomic E-state index is 0.606. The van der Waals surface area contributed by atoms with Crippen molar-refractivity contribution in [2.45, 2.75) is 38.6 Å². The van der Waals surface area contributed by atoms with Gasteiger partial charge < -0.3 is 5.32 Å². The number of halogens is 1. The summed E-state index contributed by atoms with van der Waals surface area (Å²) in [7, 11) is 0. The molecule has 1 aliphatic carbocycles. The Labute approximate surface area is 129 Å². The number of hydrogen-bond donors (Lipinski definition) is 1. The summed E-state index contributed by atoms with van der Waals surface area (Å²) in [5.74, 6) is 0.723. The number of hydrogen-bond acceptors (Lipinski definition) is 1. The number of nitrogens with one attached hydrogen (secondary N) is 1. The van der Waals surface area contributed by atoms with E-state index < -0.39 is 0 Å². The van der Waals surface area contributed by atoms with Crippen LogP contribution in [0, 0.1) is 13.8 Å². The first-order chi connectivity index (χ1) is 9.60. The van der Waals surface area contributed by atoms with Gasteiger partial charge in [-0.2, -0.15) is 0 Å². The van der Waals surface area contributed by atoms with Crippen LogP contribution in [-0.2, 0) is 0 Å². The predicted octanol–water partition coefficient (Wildman–Crippen LogP) is 5.42. The van der Waals surface area contributed by atoms with Crippen molar-refractivity contribution in [2.24, 2.45) is 0 Å². The summed E-state index contributed by atoms with van der Waals surface area (Å²) in [6.45, 7) is 4.27. The Hall–Kier alpha value is -1.28. The summed E-state index contributed by atoms with van der Waals surface area (Å²) < 4.78 is 1.15. The van der Waals surface area contributed by atoms with E-state index in [1.807, 2.05) is 0 Å². The zero-order valence-corrected chi connectivity index (χ0v) is 13.6. The van der Waals surface area contributed by atoms with Crippen LogP contribution in [0.2, 0.25) is 0 Å². The number of aryl methyl sites for hydroxylation is 2. The fourth-order valence-corrected chi connectivity index (χ4v) is 3.51. The van der Waals surface area contributed by atoms with E-state index in [2.05, 4.69) is 77.6 Å². The highest BCUT2D eigenvalue weighted by Gasteiger charge is 2.30. The van der Waals surface area contributed by atoms with Crippen LogP contribution < -0.4 is 5.32 Å². The number of rotatable bonds is 3. The third-order valence-corrected chi connectivity index (χ3v) is 4.56. The zero-order valence-electron chi connectivity index (χ0n) is 12.0. The van der Waals surface area contributed by atoms with Gasteiger partial charge in [0.2, 0.25) is 0 Å². The van der Waals surface area contributed by atoms with E-state index in [9.17, 15) is 0 Å². The molecule has 0 heterocycles. The minimum absolute atomic E-state index is 0.606. The van der Waals surface area contributed by atoms with Gasteiger partial charge >= 0.3 is 0 Å². The van der Waals surface area contributed by atoms with Gasteiger partial charge in [0.15, 0.2) is 0 Å². The third-order valence-electron chi connectivity index (χ3n) is 4.10. The SMILES string of the molecule is Cc1ccc(C2CC(Nc3cc(C)cc(Br)c3)C2)cc1. The molecular formula is C18H20BrN. The summed E-state index contributed by atoms with van der Waals surface area (Å²) in [6.07, 6.45) is 2.46. The zero-order chi connectivity index (χ0) is 14.1. The van der Waals surface area contributed by atoms with Gasteiger partial charge in [0.05, 0.1) is 0 Å². The molecule has 3 rings (SSSR count). The van der Waals surface area contributed by atoms with Crippen LogP contribution >= 0.6 is 15.9 Å². The quantitative estimate of drug-likeness (QED) is 0.792. The Morgan fingerprint density at radius 2 is 1.65 bits per heavy atom. The maximum absolute atomic E-state index is 3.64. The lowest BCUT2D eigenvalue weighted by molar-refractivity contribution is 0.374. The van der Waals surface area contributed by atoms with E-state index in [0.717, 1.165) is 10.4 Å². The van der Waals surface area contributed by atoms with E-state index >= 15 is 0 Å². The van der Waals surface area contributed by atoms with Gasteiger partial charge in [-0.25, -0.2) is 0 Å². The topological polar surface area (TPSA) is 12.0 Å². The highest BCUT2D eigenvalue weighted by molar-refractivity contribution is 9.10. The summed E-state index contributed by atoms with van der Waals surface area (Å²) in [6, 6.07) is 16.1. The van der Waals surface area contributed by atoms with E-state index in [-0.39, 0.29) is 0 Å². The lowest BCUT2D eigenvalue weighted by atomic mass is 9.75. The molecule has 1 fully saturated rings. The first-order valence-corrected chi connectivity index (χ1v) is 8.00. The van der Waals surface area contributed by atoms with Crippen LogP contribution in [0.15, 0.2) is 46.9 Å². The van der Waals surface area contributed by atoms with Crippen molar-refractivity contribution >= 4 is 21.6 Å². The minimum Gasteiger partial charge on any atom is -0.382 e. The molecule has 0 atom stereocenters. The Morgan fingerprint density at radius 3 is 2.30 bits per heavy atom. The summed E-state index contributed by atoms with van der Waals surface area (Å²) >= 11 is 3.56. The van der Waals surface area contributed by atoms with Gasteiger partial charge in [0.1, 0.15) is 0 Å². The van der Waals surface area contributed by atoms with E-state index in [1.54, 1.807) is 0 Å². The van der Waals surface area contributed by atoms with Crippen molar-refractivity contribution in [2.75, 3.05) is 5.32 Å². The fraction of sp³-hybridized carbons (Fsp3) is 0.333. The Bertz CT molecular complexity index is 577. The van der Waals surface area contributed by atoms with Gasteiger partial charge in [-0.15, -0.1) is 0 Å². The molecule has 20 heavy (non-hydrogen) atoms. The Morgan fingerprint density at radius 1 is 0.950 bits per heavy atom. The molecule has 1 nitrogen and oxygen atoms in total. The van der Waals surface area contributed by atoms with Gasteiger partial charge in [-0.1, -0.05) is 45.8 Å². The summed E-state index contributed by atoms with van der Waals surface area (Å²) in [5.41, 5.74) is 5.34. The van der Waals surface area contributed by atoms with Crippen molar-refractivity contribution in [1.29, 1.82) is 0 Å². The van der Waals surface area contributed by atoms with Crippen molar-refractivity contribution in [3.8, 4) is 0 Å². The normalized spacial score (nSPS) is 21.4. The van der Waals surface area contributed by atoms with Crippen molar-refractivity contribution < 1.29 is 0 Å². The monoisotopic (exact) mass is 329 g/mol. The maximum atomic E-state index is 3.64. The molecule has 0 spiro atoms. The third kappa shape index (κ3) is 3.06. The highest BCUT2D eigenvalue weighted by atomic mass is 79.9. The highest BCUT2D eigenvalue weighted by Crippen LogP contribution is 2.38. The number of benzene rings is 2. The van der Waals surface area contributed by atoms with Crippen molar-refractivity contribution in [1.82, 2.24) is 0 Å². The fourth-order valence-electron chi connectivity index (χ4n) is 2.90. The molecule has 0 saturated heterocycles. The largest absolute Gasteiger partial charge is 0.382 e. The van der Waals surface area contributed by atoms with Crippen LogP contribution in [0.1, 0.15) is 35.4 Å². The molecule has 0 aliphatic heterocycles. The maximum Gasteiger partial charge on any atom is 0.0356 e. The molecule has 2 aromatic rings. The molecule has 104 valence electrons. The molecule has 0 unspecified atom stereocenters. The van der Waals surface area contributed by atoms with Crippen LogP contribution in [0.5, 0.6) is 0 Å². The molecule has 0 radical (unpaired) electrons. The van der Waals surface area contributed by atoms with Gasteiger partial charge in [-0.05, 0) is 61.9 Å². The molecular weight excluding hydrogens is 310 g/mol. The molecule has 0 aromatic heterocycles. The van der Waals surface area contributed by atoms with E-state index in [4.69, 9.17) is 0 Å². The first kappa shape index (κ1) is 13.7. The molecule has 0 amide bonds. The van der Waals surface area contributed by atoms with Gasteiger partial charge in [0, 0.05) is 16.2 Å². The van der Waals surface area contributed by atoms with Crippen LogP contribution in [0.4, 0.5) is 5.69 Å². The molecule has 2 heteroatoms. The summed E-state index contributed by atoms with van der Waals surface area (Å²) in [4.78, 5) is 0. The smallest absolute Gasteiger partial charge is 0.0356 e.